The molecule has 1 aromatic carbocycles. The quantitative estimate of drug-likeness (QED) is 0.340. The van der Waals surface area contributed by atoms with Gasteiger partial charge in [0.25, 0.3) is 11.1 Å². The first-order valence-electron chi connectivity index (χ1n) is 11.4. The van der Waals surface area contributed by atoms with Crippen LogP contribution in [0.2, 0.25) is 0 Å². The van der Waals surface area contributed by atoms with E-state index >= 15 is 0 Å². The lowest BCUT2D eigenvalue weighted by Gasteiger charge is -2.15. The Bertz CT molecular complexity index is 1440. The Kier molecular flexibility index (Phi) is 6.27. The zero-order valence-electron chi connectivity index (χ0n) is 18.5. The smallest absolute Gasteiger partial charge is 0.277 e. The van der Waals surface area contributed by atoms with Crippen LogP contribution in [0.4, 0.5) is 5.69 Å². The van der Waals surface area contributed by atoms with Crippen molar-refractivity contribution in [3.8, 4) is 0 Å². The number of hydrogen-bond donors (Lipinski definition) is 3. The van der Waals surface area contributed by atoms with Crippen LogP contribution in [0.25, 0.3) is 10.1 Å². The standard InChI is InChI=1S/C25H25N5O3S/c31-23-18-13-17(34-21(18)10-12-27-23)14-29-24(32)20-8-9-22-28-15-19(25(33)30(20)22)26-11-4-7-16-5-2-1-3-6-16/h1-3,5-6,10,12-13,15,20,26H,4,7-9,11,14H2,(H,27,31)(H,29,32)/t20-/m0/s1. The third-order valence-electron chi connectivity index (χ3n) is 6.07. The van der Waals surface area contributed by atoms with Crippen molar-refractivity contribution in [3.05, 3.63) is 91.8 Å². The number of H-pyrrole nitrogens is 1. The summed E-state index contributed by atoms with van der Waals surface area (Å²) in [5.74, 6) is 0.420. The minimum Gasteiger partial charge on any atom is -0.379 e. The number of aromatic nitrogens is 3. The van der Waals surface area contributed by atoms with Gasteiger partial charge in [0.2, 0.25) is 5.91 Å². The fourth-order valence-electron chi connectivity index (χ4n) is 4.34. The van der Waals surface area contributed by atoms with Gasteiger partial charge in [0.1, 0.15) is 17.6 Å². The zero-order chi connectivity index (χ0) is 23.5. The highest BCUT2D eigenvalue weighted by Crippen LogP contribution is 2.25. The van der Waals surface area contributed by atoms with Gasteiger partial charge in [-0.3, -0.25) is 19.0 Å². The van der Waals surface area contributed by atoms with E-state index in [2.05, 4.69) is 32.7 Å². The molecular formula is C25H25N5O3S. The van der Waals surface area contributed by atoms with Crippen LogP contribution >= 0.6 is 11.3 Å². The van der Waals surface area contributed by atoms with Gasteiger partial charge < -0.3 is 15.6 Å². The van der Waals surface area contributed by atoms with Crippen LogP contribution in [-0.2, 0) is 24.2 Å². The first kappa shape index (κ1) is 22.1. The van der Waals surface area contributed by atoms with Gasteiger partial charge in [-0.15, -0.1) is 11.3 Å². The number of nitrogens with one attached hydrogen (secondary N) is 3. The molecular weight excluding hydrogens is 450 g/mol. The number of carbonyl (C=O) groups is 1. The lowest BCUT2D eigenvalue weighted by Crippen LogP contribution is -2.36. The van der Waals surface area contributed by atoms with Crippen LogP contribution in [0.5, 0.6) is 0 Å². The molecule has 0 radical (unpaired) electrons. The zero-order valence-corrected chi connectivity index (χ0v) is 19.4. The second-order valence-corrected chi connectivity index (χ2v) is 9.52. The van der Waals surface area contributed by atoms with Gasteiger partial charge >= 0.3 is 0 Å². The third-order valence-corrected chi connectivity index (χ3v) is 7.17. The Labute approximate surface area is 199 Å². The first-order chi connectivity index (χ1) is 16.6. The summed E-state index contributed by atoms with van der Waals surface area (Å²) < 4.78 is 2.40. The Morgan fingerprint density at radius 1 is 1.21 bits per heavy atom. The summed E-state index contributed by atoms with van der Waals surface area (Å²) in [6, 6.07) is 13.3. The molecule has 9 heteroatoms. The number of thiophene rings is 1. The number of amides is 1. The fraction of sp³-hybridized carbons (Fsp3) is 0.280. The number of hydrogen-bond acceptors (Lipinski definition) is 6. The molecule has 8 nitrogen and oxygen atoms in total. The molecule has 1 aliphatic rings. The van der Waals surface area contributed by atoms with Crippen molar-refractivity contribution >= 4 is 33.0 Å². The summed E-state index contributed by atoms with van der Waals surface area (Å²) in [4.78, 5) is 46.0. The van der Waals surface area contributed by atoms with Crippen molar-refractivity contribution in [2.45, 2.75) is 38.3 Å². The number of nitrogens with zero attached hydrogens (tertiary/aromatic N) is 2. The molecule has 34 heavy (non-hydrogen) atoms. The maximum atomic E-state index is 13.1. The number of fused-ring (bicyclic) bond motifs is 2. The topological polar surface area (TPSA) is 109 Å². The van der Waals surface area contributed by atoms with Crippen LogP contribution in [0, 0.1) is 0 Å². The summed E-state index contributed by atoms with van der Waals surface area (Å²) in [6.45, 7) is 0.955. The predicted octanol–water partition coefficient (Wildman–Crippen LogP) is 2.99. The van der Waals surface area contributed by atoms with Crippen molar-refractivity contribution in [1.82, 2.24) is 19.9 Å². The number of benzene rings is 1. The van der Waals surface area contributed by atoms with Gasteiger partial charge in [0.15, 0.2) is 0 Å². The van der Waals surface area contributed by atoms with Crippen LogP contribution in [0.1, 0.15) is 35.1 Å². The Morgan fingerprint density at radius 2 is 2.06 bits per heavy atom. The molecule has 0 fully saturated rings. The lowest BCUT2D eigenvalue weighted by atomic mass is 10.1. The fourth-order valence-corrected chi connectivity index (χ4v) is 5.34. The van der Waals surface area contributed by atoms with Crippen LogP contribution < -0.4 is 21.8 Å². The second kappa shape index (κ2) is 9.64. The number of anilines is 1. The first-order valence-corrected chi connectivity index (χ1v) is 12.2. The summed E-state index contributed by atoms with van der Waals surface area (Å²) >= 11 is 1.47. The molecule has 0 spiro atoms. The molecule has 3 aromatic heterocycles. The monoisotopic (exact) mass is 475 g/mol. The van der Waals surface area contributed by atoms with E-state index in [-0.39, 0.29) is 17.0 Å². The van der Waals surface area contributed by atoms with E-state index in [1.165, 1.54) is 21.5 Å². The molecule has 0 aliphatic carbocycles. The van der Waals surface area contributed by atoms with Crippen LogP contribution in [0.15, 0.2) is 64.4 Å². The SMILES string of the molecule is O=C(NCc1cc2c(=O)[nH]ccc2s1)[C@@H]1CCc2ncc(NCCCc3ccccc3)c(=O)n21. The van der Waals surface area contributed by atoms with Gasteiger partial charge in [-0.1, -0.05) is 30.3 Å². The number of aryl methyl sites for hydroxylation is 2. The molecule has 5 rings (SSSR count). The van der Waals surface area contributed by atoms with Crippen molar-refractivity contribution in [3.63, 3.8) is 0 Å². The molecule has 3 N–H and O–H groups in total. The van der Waals surface area contributed by atoms with E-state index in [1.54, 1.807) is 18.5 Å². The number of carbonyl (C=O) groups excluding carboxylic acids is 1. The largest absolute Gasteiger partial charge is 0.379 e. The van der Waals surface area contributed by atoms with E-state index in [9.17, 15) is 14.4 Å². The van der Waals surface area contributed by atoms with E-state index in [0.29, 0.717) is 42.8 Å². The predicted molar refractivity (Wildman–Crippen MR) is 133 cm³/mol. The molecule has 1 aliphatic heterocycles. The summed E-state index contributed by atoms with van der Waals surface area (Å²) in [6.07, 6.45) is 6.12. The third kappa shape index (κ3) is 4.51. The van der Waals surface area contributed by atoms with Gasteiger partial charge in [-0.25, -0.2) is 4.98 Å². The lowest BCUT2D eigenvalue weighted by molar-refractivity contribution is -0.124. The van der Waals surface area contributed by atoms with Gasteiger partial charge in [-0.05, 0) is 37.0 Å². The molecule has 0 bridgehead atoms. The average molecular weight is 476 g/mol. The molecule has 0 saturated carbocycles. The van der Waals surface area contributed by atoms with E-state index < -0.39 is 6.04 Å². The van der Waals surface area contributed by atoms with E-state index in [0.717, 1.165) is 22.4 Å². The minimum absolute atomic E-state index is 0.141. The number of rotatable bonds is 8. The Balaban J connectivity index is 1.23. The normalized spacial score (nSPS) is 14.8. The highest BCUT2D eigenvalue weighted by atomic mass is 32.1. The minimum atomic E-state index is -0.584. The van der Waals surface area contributed by atoms with Crippen molar-refractivity contribution in [2.75, 3.05) is 11.9 Å². The van der Waals surface area contributed by atoms with Gasteiger partial charge in [-0.2, -0.15) is 0 Å². The summed E-state index contributed by atoms with van der Waals surface area (Å²) in [5.41, 5.74) is 1.32. The molecule has 0 unspecified atom stereocenters. The van der Waals surface area contributed by atoms with Crippen LogP contribution in [0.3, 0.4) is 0 Å². The van der Waals surface area contributed by atoms with Crippen molar-refractivity contribution in [2.24, 2.45) is 0 Å². The molecule has 4 heterocycles. The number of pyridine rings is 1. The Hall–Kier alpha value is -3.72. The highest BCUT2D eigenvalue weighted by Gasteiger charge is 2.31. The van der Waals surface area contributed by atoms with Crippen molar-refractivity contribution in [1.29, 1.82) is 0 Å². The van der Waals surface area contributed by atoms with E-state index in [4.69, 9.17) is 0 Å². The Morgan fingerprint density at radius 3 is 2.88 bits per heavy atom. The van der Waals surface area contributed by atoms with Crippen molar-refractivity contribution < 1.29 is 4.79 Å². The summed E-state index contributed by atoms with van der Waals surface area (Å²) in [7, 11) is 0. The number of aromatic amines is 1. The van der Waals surface area contributed by atoms with E-state index in [1.807, 2.05) is 24.3 Å². The maximum absolute atomic E-state index is 13.1. The van der Waals surface area contributed by atoms with Gasteiger partial charge in [0, 0.05) is 28.7 Å². The average Bonchev–Trinajstić information content (AvgIpc) is 3.48. The molecule has 1 amide bonds. The molecule has 174 valence electrons. The maximum Gasteiger partial charge on any atom is 0.277 e. The summed E-state index contributed by atoms with van der Waals surface area (Å²) in [5, 5.41) is 6.74. The highest BCUT2D eigenvalue weighted by molar-refractivity contribution is 7.19. The second-order valence-electron chi connectivity index (χ2n) is 8.35. The van der Waals surface area contributed by atoms with Gasteiger partial charge in [0.05, 0.1) is 18.1 Å². The molecule has 0 saturated heterocycles. The van der Waals surface area contributed by atoms with Crippen LogP contribution in [-0.4, -0.2) is 27.0 Å². The molecule has 4 aromatic rings. The molecule has 1 atom stereocenters.